The van der Waals surface area contributed by atoms with E-state index in [0.717, 1.165) is 37.5 Å². The quantitative estimate of drug-likeness (QED) is 0.850. The van der Waals surface area contributed by atoms with E-state index < -0.39 is 0 Å². The summed E-state index contributed by atoms with van der Waals surface area (Å²) in [7, 11) is 0. The Hall–Kier alpha value is -1.35. The molecule has 1 aliphatic rings. The van der Waals surface area contributed by atoms with Crippen LogP contribution >= 0.6 is 0 Å². The fraction of sp³-hybridized carbons (Fsp3) is 0.562. The molecule has 0 bridgehead atoms. The van der Waals surface area contributed by atoms with Crippen LogP contribution in [-0.2, 0) is 11.2 Å². The summed E-state index contributed by atoms with van der Waals surface area (Å²) in [5, 5.41) is 6.43. The summed E-state index contributed by atoms with van der Waals surface area (Å²) >= 11 is 0. The molecular formula is C16H24N2O. The predicted molar refractivity (Wildman–Crippen MR) is 78.1 cm³/mol. The van der Waals surface area contributed by atoms with E-state index in [1.165, 1.54) is 18.4 Å². The van der Waals surface area contributed by atoms with Gasteiger partial charge in [-0.1, -0.05) is 29.8 Å². The maximum atomic E-state index is 11.8. The third kappa shape index (κ3) is 5.03. The Morgan fingerprint density at radius 2 is 2.16 bits per heavy atom. The normalized spacial score (nSPS) is 19.1. The Balaban J connectivity index is 1.65. The zero-order valence-corrected chi connectivity index (χ0v) is 11.7. The van der Waals surface area contributed by atoms with Crippen LogP contribution in [0.15, 0.2) is 24.3 Å². The lowest BCUT2D eigenvalue weighted by Gasteiger charge is -2.22. The van der Waals surface area contributed by atoms with E-state index in [4.69, 9.17) is 0 Å². The molecule has 1 aromatic rings. The Bertz CT molecular complexity index is 394. The first kappa shape index (κ1) is 14.1. The molecule has 0 aromatic heterocycles. The first-order valence-corrected chi connectivity index (χ1v) is 7.27. The van der Waals surface area contributed by atoms with Gasteiger partial charge in [0.1, 0.15) is 0 Å². The minimum absolute atomic E-state index is 0.132. The standard InChI is InChI=1S/C16H24N2O/c1-13-4-6-14(7-5-13)11-16(19)18-10-8-15-3-2-9-17-12-15/h4-7,15,17H,2-3,8-12H2,1H3,(H,18,19). The number of amides is 1. The number of piperidine rings is 1. The number of nitrogens with one attached hydrogen (secondary N) is 2. The molecule has 1 heterocycles. The molecule has 0 spiro atoms. The van der Waals surface area contributed by atoms with Gasteiger partial charge >= 0.3 is 0 Å². The van der Waals surface area contributed by atoms with Crippen LogP contribution in [0.3, 0.4) is 0 Å². The summed E-state index contributed by atoms with van der Waals surface area (Å²) in [6, 6.07) is 8.16. The lowest BCUT2D eigenvalue weighted by Crippen LogP contribution is -2.33. The molecule has 2 rings (SSSR count). The zero-order valence-electron chi connectivity index (χ0n) is 11.7. The summed E-state index contributed by atoms with van der Waals surface area (Å²) in [6.45, 7) is 5.11. The Morgan fingerprint density at radius 3 is 2.84 bits per heavy atom. The second kappa shape index (κ2) is 7.29. The number of hydrogen-bond donors (Lipinski definition) is 2. The van der Waals surface area contributed by atoms with Gasteiger partial charge in [0.15, 0.2) is 0 Å². The number of hydrogen-bond acceptors (Lipinski definition) is 2. The van der Waals surface area contributed by atoms with Crippen molar-refractivity contribution >= 4 is 5.91 Å². The lowest BCUT2D eigenvalue weighted by atomic mass is 9.96. The average molecular weight is 260 g/mol. The molecule has 1 unspecified atom stereocenters. The van der Waals surface area contributed by atoms with Crippen LogP contribution in [-0.4, -0.2) is 25.5 Å². The van der Waals surface area contributed by atoms with Gasteiger partial charge in [-0.05, 0) is 50.8 Å². The summed E-state index contributed by atoms with van der Waals surface area (Å²) in [4.78, 5) is 11.8. The van der Waals surface area contributed by atoms with Crippen molar-refractivity contribution in [3.8, 4) is 0 Å². The van der Waals surface area contributed by atoms with Crippen molar-refractivity contribution in [3.05, 3.63) is 35.4 Å². The van der Waals surface area contributed by atoms with Crippen LogP contribution in [0.1, 0.15) is 30.4 Å². The molecule has 1 aliphatic heterocycles. The van der Waals surface area contributed by atoms with E-state index >= 15 is 0 Å². The largest absolute Gasteiger partial charge is 0.356 e. The van der Waals surface area contributed by atoms with Crippen LogP contribution in [0.25, 0.3) is 0 Å². The third-order valence-corrected chi connectivity index (χ3v) is 3.76. The Kier molecular flexibility index (Phi) is 5.40. The van der Waals surface area contributed by atoms with Gasteiger partial charge in [0.25, 0.3) is 0 Å². The number of carbonyl (C=O) groups excluding carboxylic acids is 1. The van der Waals surface area contributed by atoms with Crippen molar-refractivity contribution in [3.63, 3.8) is 0 Å². The van der Waals surface area contributed by atoms with E-state index in [1.807, 2.05) is 12.1 Å². The molecule has 2 N–H and O–H groups in total. The Labute approximate surface area is 115 Å². The van der Waals surface area contributed by atoms with Gasteiger partial charge in [-0.15, -0.1) is 0 Å². The number of benzene rings is 1. The van der Waals surface area contributed by atoms with Gasteiger partial charge in [-0.2, -0.15) is 0 Å². The molecule has 3 heteroatoms. The van der Waals surface area contributed by atoms with Gasteiger partial charge in [0, 0.05) is 6.54 Å². The fourth-order valence-electron chi connectivity index (χ4n) is 2.54. The van der Waals surface area contributed by atoms with Gasteiger partial charge in [0.2, 0.25) is 5.91 Å². The lowest BCUT2D eigenvalue weighted by molar-refractivity contribution is -0.120. The molecule has 1 saturated heterocycles. The number of aryl methyl sites for hydroxylation is 1. The SMILES string of the molecule is Cc1ccc(CC(=O)NCCC2CCCNC2)cc1. The van der Waals surface area contributed by atoms with Crippen molar-refractivity contribution in [2.24, 2.45) is 5.92 Å². The van der Waals surface area contributed by atoms with Crippen molar-refractivity contribution in [1.29, 1.82) is 0 Å². The molecule has 1 atom stereocenters. The highest BCUT2D eigenvalue weighted by atomic mass is 16.1. The van der Waals surface area contributed by atoms with Gasteiger partial charge in [-0.25, -0.2) is 0 Å². The molecule has 104 valence electrons. The van der Waals surface area contributed by atoms with E-state index in [0.29, 0.717) is 6.42 Å². The van der Waals surface area contributed by atoms with Crippen LogP contribution in [0.2, 0.25) is 0 Å². The van der Waals surface area contributed by atoms with E-state index in [2.05, 4.69) is 29.7 Å². The van der Waals surface area contributed by atoms with E-state index in [1.54, 1.807) is 0 Å². The monoisotopic (exact) mass is 260 g/mol. The van der Waals surface area contributed by atoms with Gasteiger partial charge in [0.05, 0.1) is 6.42 Å². The molecule has 1 fully saturated rings. The van der Waals surface area contributed by atoms with Crippen LogP contribution in [0.4, 0.5) is 0 Å². The highest BCUT2D eigenvalue weighted by molar-refractivity contribution is 5.78. The minimum atomic E-state index is 0.132. The van der Waals surface area contributed by atoms with Gasteiger partial charge in [-0.3, -0.25) is 4.79 Å². The number of rotatable bonds is 5. The first-order chi connectivity index (χ1) is 9.24. The zero-order chi connectivity index (χ0) is 13.5. The van der Waals surface area contributed by atoms with Gasteiger partial charge < -0.3 is 10.6 Å². The van der Waals surface area contributed by atoms with Crippen LogP contribution in [0, 0.1) is 12.8 Å². The maximum absolute atomic E-state index is 11.8. The molecular weight excluding hydrogens is 236 g/mol. The predicted octanol–water partition coefficient (Wildman–Crippen LogP) is 2.04. The van der Waals surface area contributed by atoms with Crippen molar-refractivity contribution in [2.45, 2.75) is 32.6 Å². The highest BCUT2D eigenvalue weighted by Gasteiger charge is 2.12. The summed E-state index contributed by atoms with van der Waals surface area (Å²) < 4.78 is 0. The minimum Gasteiger partial charge on any atom is -0.356 e. The molecule has 0 saturated carbocycles. The maximum Gasteiger partial charge on any atom is 0.224 e. The topological polar surface area (TPSA) is 41.1 Å². The molecule has 1 aromatic carbocycles. The molecule has 0 radical (unpaired) electrons. The average Bonchev–Trinajstić information content (AvgIpc) is 2.43. The first-order valence-electron chi connectivity index (χ1n) is 7.27. The summed E-state index contributed by atoms with van der Waals surface area (Å²) in [6.07, 6.45) is 4.14. The second-order valence-corrected chi connectivity index (χ2v) is 5.51. The van der Waals surface area contributed by atoms with Crippen LogP contribution < -0.4 is 10.6 Å². The summed E-state index contributed by atoms with van der Waals surface area (Å²) in [5.41, 5.74) is 2.32. The van der Waals surface area contributed by atoms with E-state index in [-0.39, 0.29) is 5.91 Å². The molecule has 1 amide bonds. The molecule has 19 heavy (non-hydrogen) atoms. The smallest absolute Gasteiger partial charge is 0.224 e. The Morgan fingerprint density at radius 1 is 1.37 bits per heavy atom. The highest BCUT2D eigenvalue weighted by Crippen LogP contribution is 2.12. The molecule has 3 nitrogen and oxygen atoms in total. The van der Waals surface area contributed by atoms with Crippen molar-refractivity contribution in [1.82, 2.24) is 10.6 Å². The molecule has 0 aliphatic carbocycles. The third-order valence-electron chi connectivity index (χ3n) is 3.76. The van der Waals surface area contributed by atoms with Crippen LogP contribution in [0.5, 0.6) is 0 Å². The summed E-state index contributed by atoms with van der Waals surface area (Å²) in [5.74, 6) is 0.862. The van der Waals surface area contributed by atoms with E-state index in [9.17, 15) is 4.79 Å². The van der Waals surface area contributed by atoms with Crippen molar-refractivity contribution in [2.75, 3.05) is 19.6 Å². The second-order valence-electron chi connectivity index (χ2n) is 5.51. The number of carbonyl (C=O) groups is 1. The van der Waals surface area contributed by atoms with Crippen molar-refractivity contribution < 1.29 is 4.79 Å². The fourth-order valence-corrected chi connectivity index (χ4v) is 2.54.